The third-order valence-corrected chi connectivity index (χ3v) is 3.39. The maximum absolute atomic E-state index is 5.82. The van der Waals surface area contributed by atoms with E-state index in [2.05, 4.69) is 9.76 Å². The fraction of sp³-hybridized carbons (Fsp3) is 0. The van der Waals surface area contributed by atoms with Crippen molar-refractivity contribution in [2.24, 2.45) is 0 Å². The smallest absolute Gasteiger partial charge is 0.167 e. The SMILES string of the molecule is [Si][Si](Cl)c1ccccc1. The Morgan fingerprint density at radius 2 is 1.78 bits per heavy atom. The lowest BCUT2D eigenvalue weighted by atomic mass is 10.4. The quantitative estimate of drug-likeness (QED) is 0.430. The van der Waals surface area contributed by atoms with Crippen LogP contribution in [0.15, 0.2) is 30.3 Å². The summed E-state index contributed by atoms with van der Waals surface area (Å²) in [6.07, 6.45) is 0. The van der Waals surface area contributed by atoms with Crippen LogP contribution in [0.2, 0.25) is 0 Å². The third kappa shape index (κ3) is 1.97. The molecule has 0 saturated heterocycles. The molecule has 1 rings (SSSR count). The van der Waals surface area contributed by atoms with Crippen LogP contribution in [0.3, 0.4) is 0 Å². The summed E-state index contributed by atoms with van der Waals surface area (Å²) in [5, 5.41) is 1.20. The van der Waals surface area contributed by atoms with Crippen molar-refractivity contribution in [2.75, 3.05) is 0 Å². The van der Waals surface area contributed by atoms with Crippen LogP contribution >= 0.6 is 11.1 Å². The van der Waals surface area contributed by atoms with Crippen LogP contribution in [0.1, 0.15) is 0 Å². The van der Waals surface area contributed by atoms with Gasteiger partial charge in [0.15, 0.2) is 7.62 Å². The van der Waals surface area contributed by atoms with Crippen molar-refractivity contribution in [2.45, 2.75) is 0 Å². The first-order valence-corrected chi connectivity index (χ1v) is 6.61. The second-order valence-electron chi connectivity index (χ2n) is 1.68. The molecule has 9 heavy (non-hydrogen) atoms. The summed E-state index contributed by atoms with van der Waals surface area (Å²) < 4.78 is 0. The van der Waals surface area contributed by atoms with E-state index in [1.807, 2.05) is 30.3 Å². The molecule has 0 atom stereocenters. The topological polar surface area (TPSA) is 0 Å². The van der Waals surface area contributed by atoms with E-state index in [-0.39, 0.29) is 0 Å². The molecule has 3 heteroatoms. The van der Waals surface area contributed by atoms with Gasteiger partial charge in [-0.15, -0.1) is 0 Å². The van der Waals surface area contributed by atoms with Gasteiger partial charge in [-0.3, -0.25) is 0 Å². The Morgan fingerprint density at radius 1 is 1.22 bits per heavy atom. The first-order chi connectivity index (χ1) is 4.30. The second kappa shape index (κ2) is 3.20. The van der Waals surface area contributed by atoms with Gasteiger partial charge in [-0.25, -0.2) is 0 Å². The highest BCUT2D eigenvalue weighted by Crippen LogP contribution is 1.87. The molecule has 0 heterocycles. The zero-order chi connectivity index (χ0) is 6.69. The molecule has 1 aromatic carbocycles. The molecule has 0 bridgehead atoms. The highest BCUT2D eigenvalue weighted by molar-refractivity contribution is 7.37. The summed E-state index contributed by atoms with van der Waals surface area (Å²) in [6.45, 7) is 0. The highest BCUT2D eigenvalue weighted by Gasteiger charge is 1.99. The molecule has 0 spiro atoms. The lowest BCUT2D eigenvalue weighted by molar-refractivity contribution is 1.77. The average molecular weight is 169 g/mol. The van der Waals surface area contributed by atoms with Gasteiger partial charge in [0.1, 0.15) is 0 Å². The Morgan fingerprint density at radius 3 is 2.11 bits per heavy atom. The molecule has 0 amide bonds. The minimum Gasteiger partial charge on any atom is -0.167 e. The Balaban J connectivity index is 2.85. The molecule has 4 radical (unpaired) electrons. The van der Waals surface area contributed by atoms with Gasteiger partial charge in [0.2, 0.25) is 0 Å². The normalized spacial score (nSPS) is 10.1. The molecular formula is C6H5ClSi2. The van der Waals surface area contributed by atoms with Gasteiger partial charge >= 0.3 is 0 Å². The minimum atomic E-state index is -0.934. The van der Waals surface area contributed by atoms with Crippen molar-refractivity contribution in [3.05, 3.63) is 30.3 Å². The molecule has 0 aromatic heterocycles. The summed E-state index contributed by atoms with van der Waals surface area (Å²) in [4.78, 5) is 0. The monoisotopic (exact) mass is 168 g/mol. The van der Waals surface area contributed by atoms with Crippen molar-refractivity contribution in [3.63, 3.8) is 0 Å². The van der Waals surface area contributed by atoms with Crippen LogP contribution in [0.4, 0.5) is 0 Å². The zero-order valence-electron chi connectivity index (χ0n) is 4.76. The van der Waals surface area contributed by atoms with Crippen molar-refractivity contribution >= 4 is 33.6 Å². The van der Waals surface area contributed by atoms with Gasteiger partial charge in [-0.05, 0) is 5.19 Å². The highest BCUT2D eigenvalue weighted by atomic mass is 35.6. The average Bonchev–Trinajstić information content (AvgIpc) is 1.90. The maximum Gasteiger partial charge on any atom is 0.177 e. The summed E-state index contributed by atoms with van der Waals surface area (Å²) in [5.74, 6) is 0. The molecule has 0 aliphatic rings. The van der Waals surface area contributed by atoms with Gasteiger partial charge in [-0.2, -0.15) is 11.1 Å². The molecule has 0 N–H and O–H groups in total. The van der Waals surface area contributed by atoms with Crippen molar-refractivity contribution < 1.29 is 0 Å². The summed E-state index contributed by atoms with van der Waals surface area (Å²) in [7, 11) is 2.46. The van der Waals surface area contributed by atoms with Crippen LogP contribution in [-0.4, -0.2) is 17.4 Å². The van der Waals surface area contributed by atoms with E-state index in [4.69, 9.17) is 11.1 Å². The van der Waals surface area contributed by atoms with Crippen LogP contribution in [0.5, 0.6) is 0 Å². The van der Waals surface area contributed by atoms with Crippen LogP contribution in [-0.2, 0) is 0 Å². The van der Waals surface area contributed by atoms with Crippen molar-refractivity contribution in [3.8, 4) is 0 Å². The lowest BCUT2D eigenvalue weighted by Crippen LogP contribution is -2.23. The van der Waals surface area contributed by atoms with Crippen molar-refractivity contribution in [1.29, 1.82) is 0 Å². The third-order valence-electron chi connectivity index (χ3n) is 1.03. The van der Waals surface area contributed by atoms with E-state index in [1.165, 1.54) is 5.19 Å². The summed E-state index contributed by atoms with van der Waals surface area (Å²) in [5.41, 5.74) is 0. The standard InChI is InChI=1S/C6H5ClSi2/c7-9(8)6-4-2-1-3-5-6/h1-5H. The Bertz CT molecular complexity index is 174. The molecule has 0 fully saturated rings. The molecular weight excluding hydrogens is 164 g/mol. The van der Waals surface area contributed by atoms with Gasteiger partial charge in [0.05, 0.1) is 0 Å². The Kier molecular flexibility index (Phi) is 2.51. The van der Waals surface area contributed by atoms with E-state index >= 15 is 0 Å². The van der Waals surface area contributed by atoms with E-state index in [9.17, 15) is 0 Å². The first kappa shape index (κ1) is 7.06. The summed E-state index contributed by atoms with van der Waals surface area (Å²) in [6, 6.07) is 10.0. The molecule has 0 aliphatic heterocycles. The summed E-state index contributed by atoms with van der Waals surface area (Å²) >= 11 is 5.82. The van der Waals surface area contributed by atoms with E-state index in [0.717, 1.165) is 0 Å². The molecule has 44 valence electrons. The van der Waals surface area contributed by atoms with Gasteiger partial charge < -0.3 is 0 Å². The van der Waals surface area contributed by atoms with Gasteiger partial charge in [0, 0.05) is 9.76 Å². The fourth-order valence-corrected chi connectivity index (χ4v) is 1.95. The van der Waals surface area contributed by atoms with E-state index < -0.39 is 7.62 Å². The van der Waals surface area contributed by atoms with E-state index in [0.29, 0.717) is 0 Å². The molecule has 0 saturated carbocycles. The van der Waals surface area contributed by atoms with Crippen molar-refractivity contribution in [1.82, 2.24) is 0 Å². The van der Waals surface area contributed by atoms with Crippen LogP contribution in [0, 0.1) is 0 Å². The van der Waals surface area contributed by atoms with Gasteiger partial charge in [-0.1, -0.05) is 30.3 Å². The zero-order valence-corrected chi connectivity index (χ0v) is 7.52. The molecule has 1 aromatic rings. The van der Waals surface area contributed by atoms with E-state index in [1.54, 1.807) is 0 Å². The Labute approximate surface area is 64.4 Å². The number of hydrogen-bond acceptors (Lipinski definition) is 0. The minimum absolute atomic E-state index is 0.934. The number of halogens is 1. The molecule has 0 nitrogen and oxygen atoms in total. The number of rotatable bonds is 1. The molecule has 0 unspecified atom stereocenters. The predicted octanol–water partition coefficient (Wildman–Crippen LogP) is 0.789. The van der Waals surface area contributed by atoms with Gasteiger partial charge in [0.25, 0.3) is 0 Å². The lowest BCUT2D eigenvalue weighted by Gasteiger charge is -1.96. The second-order valence-corrected chi connectivity index (χ2v) is 6.47. The number of benzene rings is 1. The van der Waals surface area contributed by atoms with Crippen LogP contribution < -0.4 is 5.19 Å². The largest absolute Gasteiger partial charge is 0.177 e. The molecule has 0 aliphatic carbocycles. The maximum atomic E-state index is 5.82. The first-order valence-electron chi connectivity index (χ1n) is 2.60. The predicted molar refractivity (Wildman–Crippen MR) is 43.4 cm³/mol. The fourth-order valence-electron chi connectivity index (χ4n) is 0.584. The Hall–Kier alpha value is -0.0562. The number of hydrogen-bond donors (Lipinski definition) is 0. The van der Waals surface area contributed by atoms with Crippen LogP contribution in [0.25, 0.3) is 0 Å².